The second-order valence-electron chi connectivity index (χ2n) is 4.91. The van der Waals surface area contributed by atoms with Crippen LogP contribution in [0.4, 0.5) is 11.4 Å². The Morgan fingerprint density at radius 1 is 1.09 bits per heavy atom. The molecule has 0 unspecified atom stereocenters. The number of ether oxygens (including phenoxy) is 2. The number of methoxy groups -OCH3 is 2. The van der Waals surface area contributed by atoms with Crippen molar-refractivity contribution >= 4 is 28.9 Å². The van der Waals surface area contributed by atoms with Gasteiger partial charge in [0.15, 0.2) is 0 Å². The summed E-state index contributed by atoms with van der Waals surface area (Å²) < 4.78 is 10.5. The first-order valence-corrected chi connectivity index (χ1v) is 7.47. The number of benzene rings is 2. The van der Waals surface area contributed by atoms with Crippen LogP contribution >= 0.6 is 11.6 Å². The predicted octanol–water partition coefficient (Wildman–Crippen LogP) is 3.80. The molecule has 0 aliphatic carbocycles. The fraction of sp³-hybridized carbons (Fsp3) is 0.235. The van der Waals surface area contributed by atoms with Crippen LogP contribution in [0.15, 0.2) is 42.5 Å². The Labute approximate surface area is 140 Å². The summed E-state index contributed by atoms with van der Waals surface area (Å²) in [6.45, 7) is 1.76. The Balaban J connectivity index is 2.11. The van der Waals surface area contributed by atoms with Gasteiger partial charge >= 0.3 is 0 Å². The van der Waals surface area contributed by atoms with Crippen LogP contribution in [-0.4, -0.2) is 26.2 Å². The molecule has 0 heterocycles. The van der Waals surface area contributed by atoms with Crippen LogP contribution in [0.25, 0.3) is 0 Å². The van der Waals surface area contributed by atoms with E-state index in [9.17, 15) is 4.79 Å². The van der Waals surface area contributed by atoms with Gasteiger partial charge < -0.3 is 20.1 Å². The zero-order valence-corrected chi connectivity index (χ0v) is 14.0. The van der Waals surface area contributed by atoms with Gasteiger partial charge in [-0.3, -0.25) is 4.79 Å². The van der Waals surface area contributed by atoms with Crippen LogP contribution in [0, 0.1) is 0 Å². The van der Waals surface area contributed by atoms with E-state index in [0.717, 1.165) is 5.69 Å². The molecule has 6 heteroatoms. The lowest BCUT2D eigenvalue weighted by atomic mass is 10.2. The average Bonchev–Trinajstić information content (AvgIpc) is 2.56. The lowest BCUT2D eigenvalue weighted by Crippen LogP contribution is -2.32. The second kappa shape index (κ2) is 7.74. The standard InChI is InChI=1S/C17H19ClN2O3/c1-11(17(21)20-12-7-5-4-6-8-12)19-14-9-13(18)15(22-2)10-16(14)23-3/h4-11,19H,1-3H3,(H,20,21)/t11-/m1/s1. The van der Waals surface area contributed by atoms with Gasteiger partial charge in [-0.1, -0.05) is 29.8 Å². The highest BCUT2D eigenvalue weighted by Gasteiger charge is 2.17. The zero-order valence-electron chi connectivity index (χ0n) is 13.2. The summed E-state index contributed by atoms with van der Waals surface area (Å²) in [5.41, 5.74) is 1.36. The third-order valence-corrected chi connectivity index (χ3v) is 3.58. The van der Waals surface area contributed by atoms with Crippen molar-refractivity contribution in [3.05, 3.63) is 47.5 Å². The highest BCUT2D eigenvalue weighted by atomic mass is 35.5. The molecule has 0 fully saturated rings. The van der Waals surface area contributed by atoms with Crippen LogP contribution in [0.1, 0.15) is 6.92 Å². The molecule has 1 amide bonds. The fourth-order valence-corrected chi connectivity index (χ4v) is 2.28. The molecule has 1 atom stereocenters. The first-order valence-electron chi connectivity index (χ1n) is 7.09. The maximum atomic E-state index is 12.3. The van der Waals surface area contributed by atoms with Crippen molar-refractivity contribution in [1.82, 2.24) is 0 Å². The topological polar surface area (TPSA) is 59.6 Å². The molecule has 2 aromatic carbocycles. The van der Waals surface area contributed by atoms with Crippen molar-refractivity contribution in [2.24, 2.45) is 0 Å². The molecular weight excluding hydrogens is 316 g/mol. The summed E-state index contributed by atoms with van der Waals surface area (Å²) in [5, 5.41) is 6.37. The first-order chi connectivity index (χ1) is 11.0. The Hall–Kier alpha value is -2.40. The number of para-hydroxylation sites is 1. The summed E-state index contributed by atoms with van der Waals surface area (Å²) in [6, 6.07) is 12.1. The predicted molar refractivity (Wildman–Crippen MR) is 92.7 cm³/mol. The van der Waals surface area contributed by atoms with Crippen LogP contribution in [0.5, 0.6) is 11.5 Å². The van der Waals surface area contributed by atoms with E-state index in [2.05, 4.69) is 10.6 Å². The van der Waals surface area contributed by atoms with Crippen molar-refractivity contribution in [1.29, 1.82) is 0 Å². The van der Waals surface area contributed by atoms with Gasteiger partial charge in [-0.25, -0.2) is 0 Å². The highest BCUT2D eigenvalue weighted by Crippen LogP contribution is 2.36. The van der Waals surface area contributed by atoms with Crippen LogP contribution < -0.4 is 20.1 Å². The van der Waals surface area contributed by atoms with Crippen molar-refractivity contribution in [3.63, 3.8) is 0 Å². The minimum atomic E-state index is -0.478. The Morgan fingerprint density at radius 3 is 2.35 bits per heavy atom. The molecule has 2 aromatic rings. The molecular formula is C17H19ClN2O3. The number of nitrogens with one attached hydrogen (secondary N) is 2. The van der Waals surface area contributed by atoms with Gasteiger partial charge in [-0.05, 0) is 25.1 Å². The van der Waals surface area contributed by atoms with Crippen LogP contribution in [0.3, 0.4) is 0 Å². The first kappa shape index (κ1) is 17.0. The van der Waals surface area contributed by atoms with E-state index in [1.54, 1.807) is 26.2 Å². The maximum Gasteiger partial charge on any atom is 0.246 e. The Bertz CT molecular complexity index is 677. The molecule has 0 aliphatic heterocycles. The second-order valence-corrected chi connectivity index (χ2v) is 5.32. The minimum absolute atomic E-state index is 0.162. The summed E-state index contributed by atoms with van der Waals surface area (Å²) in [6.07, 6.45) is 0. The smallest absolute Gasteiger partial charge is 0.246 e. The average molecular weight is 335 g/mol. The van der Waals surface area contributed by atoms with Gasteiger partial charge in [0.25, 0.3) is 0 Å². The van der Waals surface area contributed by atoms with Crippen molar-refractivity contribution < 1.29 is 14.3 Å². The van der Waals surface area contributed by atoms with E-state index < -0.39 is 6.04 Å². The zero-order chi connectivity index (χ0) is 16.8. The maximum absolute atomic E-state index is 12.3. The third kappa shape index (κ3) is 4.29. The van der Waals surface area contributed by atoms with E-state index in [1.807, 2.05) is 30.3 Å². The highest BCUT2D eigenvalue weighted by molar-refractivity contribution is 6.32. The van der Waals surface area contributed by atoms with Crippen LogP contribution in [-0.2, 0) is 4.79 Å². The molecule has 0 radical (unpaired) electrons. The number of amides is 1. The van der Waals surface area contributed by atoms with E-state index in [0.29, 0.717) is 22.2 Å². The number of anilines is 2. The minimum Gasteiger partial charge on any atom is -0.495 e. The number of halogens is 1. The molecule has 23 heavy (non-hydrogen) atoms. The van der Waals surface area contributed by atoms with E-state index in [-0.39, 0.29) is 5.91 Å². The normalized spacial score (nSPS) is 11.5. The van der Waals surface area contributed by atoms with E-state index in [4.69, 9.17) is 21.1 Å². The Morgan fingerprint density at radius 2 is 1.74 bits per heavy atom. The molecule has 5 nitrogen and oxygen atoms in total. The number of hydrogen-bond acceptors (Lipinski definition) is 4. The molecule has 0 aromatic heterocycles. The van der Waals surface area contributed by atoms with Crippen molar-refractivity contribution in [2.75, 3.05) is 24.9 Å². The van der Waals surface area contributed by atoms with Gasteiger partial charge in [0, 0.05) is 11.8 Å². The molecule has 0 spiro atoms. The molecule has 0 bridgehead atoms. The monoisotopic (exact) mass is 334 g/mol. The van der Waals surface area contributed by atoms with E-state index >= 15 is 0 Å². The van der Waals surface area contributed by atoms with Gasteiger partial charge in [0.1, 0.15) is 17.5 Å². The van der Waals surface area contributed by atoms with E-state index in [1.165, 1.54) is 7.11 Å². The summed E-state index contributed by atoms with van der Waals surface area (Å²) in [7, 11) is 3.08. The van der Waals surface area contributed by atoms with Crippen molar-refractivity contribution in [2.45, 2.75) is 13.0 Å². The number of hydrogen-bond donors (Lipinski definition) is 2. The summed E-state index contributed by atoms with van der Waals surface area (Å²) in [4.78, 5) is 12.3. The summed E-state index contributed by atoms with van der Waals surface area (Å²) in [5.74, 6) is 0.895. The molecule has 0 saturated heterocycles. The molecule has 2 N–H and O–H groups in total. The lowest BCUT2D eigenvalue weighted by molar-refractivity contribution is -0.116. The van der Waals surface area contributed by atoms with Gasteiger partial charge in [0.05, 0.1) is 24.9 Å². The molecule has 122 valence electrons. The number of rotatable bonds is 6. The molecule has 0 saturated carbocycles. The van der Waals surface area contributed by atoms with Gasteiger partial charge in [-0.2, -0.15) is 0 Å². The van der Waals surface area contributed by atoms with Crippen molar-refractivity contribution in [3.8, 4) is 11.5 Å². The number of carbonyl (C=O) groups is 1. The molecule has 2 rings (SSSR count). The summed E-state index contributed by atoms with van der Waals surface area (Å²) >= 11 is 6.13. The van der Waals surface area contributed by atoms with Gasteiger partial charge in [0.2, 0.25) is 5.91 Å². The number of carbonyl (C=O) groups excluding carboxylic acids is 1. The third-order valence-electron chi connectivity index (χ3n) is 3.28. The lowest BCUT2D eigenvalue weighted by Gasteiger charge is -2.18. The largest absolute Gasteiger partial charge is 0.495 e. The Kier molecular flexibility index (Phi) is 5.71. The van der Waals surface area contributed by atoms with Gasteiger partial charge in [-0.15, -0.1) is 0 Å². The fourth-order valence-electron chi connectivity index (χ4n) is 2.04. The molecule has 0 aliphatic rings. The quantitative estimate of drug-likeness (QED) is 0.843. The van der Waals surface area contributed by atoms with Crippen LogP contribution in [0.2, 0.25) is 5.02 Å². The SMILES string of the molecule is COc1cc(OC)c(N[C@H](C)C(=O)Nc2ccccc2)cc1Cl.